The van der Waals surface area contributed by atoms with Gasteiger partial charge in [-0.2, -0.15) is 0 Å². The van der Waals surface area contributed by atoms with Gasteiger partial charge >= 0.3 is 0 Å². The number of halogens is 3. The van der Waals surface area contributed by atoms with Crippen molar-refractivity contribution in [3.63, 3.8) is 0 Å². The normalized spacial score (nSPS) is 10.5. The van der Waals surface area contributed by atoms with Crippen molar-refractivity contribution < 1.29 is 9.47 Å². The monoisotopic (exact) mass is 519 g/mol. The third-order valence-electron chi connectivity index (χ3n) is 3.90. The highest BCUT2D eigenvalue weighted by Gasteiger charge is 2.09. The second-order valence-electron chi connectivity index (χ2n) is 6.16. The van der Waals surface area contributed by atoms with Gasteiger partial charge in [-0.1, -0.05) is 43.7 Å². The summed E-state index contributed by atoms with van der Waals surface area (Å²) in [5.41, 5.74) is 2.36. The van der Waals surface area contributed by atoms with Crippen molar-refractivity contribution in [1.29, 1.82) is 0 Å². The smallest absolute Gasteiger partial charge is 0.148 e. The molecular formula is C21H28Br2ClNO2. The minimum absolute atomic E-state index is 0. The van der Waals surface area contributed by atoms with Crippen LogP contribution in [0.4, 0.5) is 0 Å². The molecule has 0 aliphatic heterocycles. The summed E-state index contributed by atoms with van der Waals surface area (Å²) in [7, 11) is 0. The number of ether oxygens (including phenoxy) is 2. The standard InChI is InChI=1S/C21H27Br2NO2.ClH/c1-2-3-11-25-12-7-10-24-15-18-13-19(22)21(20(23)14-18)26-16-17-8-5-4-6-9-17;/h4-6,8-9,13-14,24H,2-3,7,10-12,15-16H2,1H3;1H. The summed E-state index contributed by atoms with van der Waals surface area (Å²) < 4.78 is 13.5. The molecule has 2 rings (SSSR count). The fourth-order valence-electron chi connectivity index (χ4n) is 2.46. The molecule has 0 fully saturated rings. The SMILES string of the molecule is CCCCOCCCNCc1cc(Br)c(OCc2ccccc2)c(Br)c1.Cl. The van der Waals surface area contributed by atoms with Crippen molar-refractivity contribution in [2.45, 2.75) is 39.3 Å². The average molecular weight is 522 g/mol. The van der Waals surface area contributed by atoms with Crippen LogP contribution in [0.15, 0.2) is 51.4 Å². The summed E-state index contributed by atoms with van der Waals surface area (Å²) in [6.07, 6.45) is 3.37. The van der Waals surface area contributed by atoms with Crippen molar-refractivity contribution in [2.75, 3.05) is 19.8 Å². The first-order valence-corrected chi connectivity index (χ1v) is 10.7. The zero-order valence-corrected chi connectivity index (χ0v) is 19.7. The lowest BCUT2D eigenvalue weighted by Crippen LogP contribution is -2.16. The third-order valence-corrected chi connectivity index (χ3v) is 5.08. The number of benzene rings is 2. The zero-order chi connectivity index (χ0) is 18.6. The average Bonchev–Trinajstić information content (AvgIpc) is 2.64. The number of hydrogen-bond donors (Lipinski definition) is 1. The van der Waals surface area contributed by atoms with E-state index in [-0.39, 0.29) is 12.4 Å². The molecule has 6 heteroatoms. The predicted molar refractivity (Wildman–Crippen MR) is 122 cm³/mol. The van der Waals surface area contributed by atoms with E-state index in [9.17, 15) is 0 Å². The fraction of sp³-hybridized carbons (Fsp3) is 0.429. The van der Waals surface area contributed by atoms with Gasteiger partial charge in [-0.05, 0) is 74.5 Å². The van der Waals surface area contributed by atoms with Crippen LogP contribution in [0.3, 0.4) is 0 Å². The third kappa shape index (κ3) is 9.44. The summed E-state index contributed by atoms with van der Waals surface area (Å²) in [4.78, 5) is 0. The molecule has 0 heterocycles. The highest BCUT2D eigenvalue weighted by Crippen LogP contribution is 2.35. The van der Waals surface area contributed by atoms with Crippen molar-refractivity contribution >= 4 is 44.3 Å². The topological polar surface area (TPSA) is 30.5 Å². The molecule has 0 atom stereocenters. The Morgan fingerprint density at radius 3 is 2.26 bits per heavy atom. The van der Waals surface area contributed by atoms with Crippen LogP contribution < -0.4 is 10.1 Å². The maximum atomic E-state index is 5.97. The summed E-state index contributed by atoms with van der Waals surface area (Å²) in [6, 6.07) is 14.4. The Bertz CT molecular complexity index is 633. The second kappa shape index (κ2) is 14.4. The van der Waals surface area contributed by atoms with Gasteiger partial charge in [0.05, 0.1) is 8.95 Å². The van der Waals surface area contributed by atoms with E-state index in [4.69, 9.17) is 9.47 Å². The Labute approximate surface area is 185 Å². The number of unbranched alkanes of at least 4 members (excludes halogenated alkanes) is 1. The Morgan fingerprint density at radius 1 is 0.926 bits per heavy atom. The van der Waals surface area contributed by atoms with Crippen LogP contribution in [0.5, 0.6) is 5.75 Å². The molecule has 3 nitrogen and oxygen atoms in total. The molecule has 0 amide bonds. The molecule has 0 saturated heterocycles. The lowest BCUT2D eigenvalue weighted by atomic mass is 10.2. The van der Waals surface area contributed by atoms with E-state index in [1.54, 1.807) is 0 Å². The van der Waals surface area contributed by atoms with Crippen molar-refractivity contribution in [2.24, 2.45) is 0 Å². The number of nitrogens with one attached hydrogen (secondary N) is 1. The molecule has 1 N–H and O–H groups in total. The highest BCUT2D eigenvalue weighted by molar-refractivity contribution is 9.11. The van der Waals surface area contributed by atoms with Crippen molar-refractivity contribution in [3.05, 3.63) is 62.5 Å². The van der Waals surface area contributed by atoms with Gasteiger partial charge in [0, 0.05) is 19.8 Å². The molecule has 0 bridgehead atoms. The molecule has 0 aliphatic rings. The van der Waals surface area contributed by atoms with Gasteiger partial charge in [-0.25, -0.2) is 0 Å². The van der Waals surface area contributed by atoms with Gasteiger partial charge in [0.2, 0.25) is 0 Å². The zero-order valence-electron chi connectivity index (χ0n) is 15.7. The Balaban J connectivity index is 0.00000364. The Morgan fingerprint density at radius 2 is 1.59 bits per heavy atom. The molecule has 0 aliphatic carbocycles. The first-order valence-electron chi connectivity index (χ1n) is 9.13. The van der Waals surface area contributed by atoms with E-state index in [1.165, 1.54) is 12.0 Å². The molecule has 27 heavy (non-hydrogen) atoms. The van der Waals surface area contributed by atoms with E-state index in [0.717, 1.165) is 59.4 Å². The summed E-state index contributed by atoms with van der Waals surface area (Å²) in [5, 5.41) is 3.46. The minimum Gasteiger partial charge on any atom is -0.487 e. The quantitative estimate of drug-likeness (QED) is 0.323. The van der Waals surface area contributed by atoms with Gasteiger partial charge in [0.15, 0.2) is 0 Å². The van der Waals surface area contributed by atoms with Crippen molar-refractivity contribution in [1.82, 2.24) is 5.32 Å². The summed E-state index contributed by atoms with van der Waals surface area (Å²) >= 11 is 7.25. The molecule has 2 aromatic rings. The summed E-state index contributed by atoms with van der Waals surface area (Å²) in [5.74, 6) is 0.835. The van der Waals surface area contributed by atoms with E-state index < -0.39 is 0 Å². The highest BCUT2D eigenvalue weighted by atomic mass is 79.9. The molecule has 0 aromatic heterocycles. The Kier molecular flexibility index (Phi) is 13.1. The van der Waals surface area contributed by atoms with Gasteiger partial charge in [-0.3, -0.25) is 0 Å². The largest absolute Gasteiger partial charge is 0.487 e. The van der Waals surface area contributed by atoms with E-state index in [2.05, 4.69) is 68.4 Å². The fourth-order valence-corrected chi connectivity index (χ4v) is 3.97. The molecule has 150 valence electrons. The Hall–Kier alpha value is -0.590. The van der Waals surface area contributed by atoms with Gasteiger partial charge < -0.3 is 14.8 Å². The van der Waals surface area contributed by atoms with Gasteiger partial charge in [0.25, 0.3) is 0 Å². The van der Waals surface area contributed by atoms with Crippen LogP contribution in [-0.4, -0.2) is 19.8 Å². The van der Waals surface area contributed by atoms with Crippen LogP contribution in [0.25, 0.3) is 0 Å². The van der Waals surface area contributed by atoms with Crippen LogP contribution in [-0.2, 0) is 17.9 Å². The van der Waals surface area contributed by atoms with Crippen molar-refractivity contribution in [3.8, 4) is 5.75 Å². The lowest BCUT2D eigenvalue weighted by Gasteiger charge is -2.13. The van der Waals surface area contributed by atoms with Crippen LogP contribution >= 0.6 is 44.3 Å². The molecule has 0 radical (unpaired) electrons. The first kappa shape index (κ1) is 24.4. The minimum atomic E-state index is 0. The predicted octanol–water partition coefficient (Wildman–Crippen LogP) is 6.51. The second-order valence-corrected chi connectivity index (χ2v) is 7.87. The first-order chi connectivity index (χ1) is 12.7. The number of rotatable bonds is 12. The molecule has 0 saturated carbocycles. The van der Waals surface area contributed by atoms with E-state index in [1.807, 2.05) is 18.2 Å². The van der Waals surface area contributed by atoms with Crippen LogP contribution in [0.1, 0.15) is 37.3 Å². The van der Waals surface area contributed by atoms with Gasteiger partial charge in [0.1, 0.15) is 12.4 Å². The van der Waals surface area contributed by atoms with Crippen LogP contribution in [0.2, 0.25) is 0 Å². The molecule has 0 spiro atoms. The van der Waals surface area contributed by atoms with E-state index >= 15 is 0 Å². The molecule has 0 unspecified atom stereocenters. The van der Waals surface area contributed by atoms with Gasteiger partial charge in [-0.15, -0.1) is 12.4 Å². The van der Waals surface area contributed by atoms with Crippen LogP contribution in [0, 0.1) is 0 Å². The molecular weight excluding hydrogens is 493 g/mol. The summed E-state index contributed by atoms with van der Waals surface area (Å²) in [6.45, 7) is 6.21. The lowest BCUT2D eigenvalue weighted by molar-refractivity contribution is 0.129. The maximum absolute atomic E-state index is 5.97. The maximum Gasteiger partial charge on any atom is 0.148 e. The number of hydrogen-bond acceptors (Lipinski definition) is 3. The van der Waals surface area contributed by atoms with E-state index in [0.29, 0.717) is 6.61 Å². The molecule has 2 aromatic carbocycles.